The lowest BCUT2D eigenvalue weighted by molar-refractivity contribution is -0.138. The van der Waals surface area contributed by atoms with Gasteiger partial charge < -0.3 is 9.47 Å². The third kappa shape index (κ3) is 5.22. The summed E-state index contributed by atoms with van der Waals surface area (Å²) in [6, 6.07) is 9.70. The molecule has 1 atom stereocenters. The lowest BCUT2D eigenvalue weighted by atomic mass is 9.79. The van der Waals surface area contributed by atoms with Crippen LogP contribution in [-0.2, 0) is 14.3 Å². The maximum Gasteiger partial charge on any atom is 0.333 e. The smallest absolute Gasteiger partial charge is 0.333 e. The molecule has 0 saturated heterocycles. The normalized spacial score (nSPS) is 19.8. The Bertz CT molecular complexity index is 589. The second kappa shape index (κ2) is 9.26. The Morgan fingerprint density at radius 2 is 1.96 bits per heavy atom. The van der Waals surface area contributed by atoms with Crippen molar-refractivity contribution in [3.8, 4) is 5.75 Å². The van der Waals surface area contributed by atoms with Crippen molar-refractivity contribution in [3.05, 3.63) is 41.5 Å². The summed E-state index contributed by atoms with van der Waals surface area (Å²) in [7, 11) is 0. The third-order valence-corrected chi connectivity index (χ3v) is 4.41. The van der Waals surface area contributed by atoms with Crippen LogP contribution in [0.25, 0.3) is 0 Å². The predicted octanol–water partition coefficient (Wildman–Crippen LogP) is 4.09. The zero-order chi connectivity index (χ0) is 17.4. The highest BCUT2D eigenvalue weighted by atomic mass is 16.5. The maximum absolute atomic E-state index is 12.0. The van der Waals surface area contributed by atoms with Crippen LogP contribution in [0.3, 0.4) is 0 Å². The molecule has 0 N–H and O–H groups in total. The van der Waals surface area contributed by atoms with Crippen LogP contribution in [0.15, 0.2) is 41.5 Å². The molecule has 130 valence electrons. The van der Waals surface area contributed by atoms with Crippen LogP contribution in [0.1, 0.15) is 46.0 Å². The Balaban J connectivity index is 1.92. The number of benzene rings is 1. The molecule has 1 aliphatic carbocycles. The van der Waals surface area contributed by atoms with Gasteiger partial charge in [0.1, 0.15) is 11.5 Å². The number of Topliss-reactive ketones (excluding diaryl/α,β-unsaturated/α-hetero) is 1. The molecule has 0 amide bonds. The number of carbonyl (C=O) groups is 2. The molecule has 0 radical (unpaired) electrons. The average Bonchev–Trinajstić information content (AvgIpc) is 2.59. The predicted molar refractivity (Wildman–Crippen MR) is 92.9 cm³/mol. The van der Waals surface area contributed by atoms with Gasteiger partial charge in [-0.15, -0.1) is 0 Å². The number of esters is 1. The molecule has 2 rings (SSSR count). The summed E-state index contributed by atoms with van der Waals surface area (Å²) in [6.45, 7) is 4.60. The zero-order valence-electron chi connectivity index (χ0n) is 14.5. The number of allylic oxidation sites excluding steroid dienone is 1. The van der Waals surface area contributed by atoms with Crippen molar-refractivity contribution in [2.75, 3.05) is 13.2 Å². The van der Waals surface area contributed by atoms with Gasteiger partial charge in [-0.2, -0.15) is 0 Å². The van der Waals surface area contributed by atoms with E-state index in [9.17, 15) is 9.59 Å². The van der Waals surface area contributed by atoms with E-state index in [0.29, 0.717) is 38.0 Å². The number of carbonyl (C=O) groups excluding carboxylic acids is 2. The molecule has 1 saturated carbocycles. The maximum atomic E-state index is 12.0. The lowest BCUT2D eigenvalue weighted by Gasteiger charge is -2.26. The first-order chi connectivity index (χ1) is 11.6. The van der Waals surface area contributed by atoms with Crippen molar-refractivity contribution >= 4 is 11.8 Å². The number of hydrogen-bond donors (Lipinski definition) is 0. The molecule has 4 heteroatoms. The van der Waals surface area contributed by atoms with Gasteiger partial charge in [-0.3, -0.25) is 4.79 Å². The monoisotopic (exact) mass is 330 g/mol. The van der Waals surface area contributed by atoms with Crippen LogP contribution < -0.4 is 4.74 Å². The second-order valence-electron chi connectivity index (χ2n) is 6.11. The number of hydrogen-bond acceptors (Lipinski definition) is 4. The van der Waals surface area contributed by atoms with E-state index in [4.69, 9.17) is 9.47 Å². The topological polar surface area (TPSA) is 52.6 Å². The van der Waals surface area contributed by atoms with Crippen LogP contribution >= 0.6 is 0 Å². The van der Waals surface area contributed by atoms with Gasteiger partial charge in [0.2, 0.25) is 0 Å². The molecule has 4 nitrogen and oxygen atoms in total. The highest BCUT2D eigenvalue weighted by Crippen LogP contribution is 2.33. The SMILES string of the molecule is CCOC(=O)C(C)=C1CCC(=O)CC1CCCOc1ccccc1. The highest BCUT2D eigenvalue weighted by molar-refractivity contribution is 5.90. The summed E-state index contributed by atoms with van der Waals surface area (Å²) in [5.74, 6) is 1.02. The van der Waals surface area contributed by atoms with E-state index in [2.05, 4.69) is 0 Å². The van der Waals surface area contributed by atoms with E-state index in [1.807, 2.05) is 37.3 Å². The molecule has 0 spiro atoms. The first kappa shape index (κ1) is 18.2. The summed E-state index contributed by atoms with van der Waals surface area (Å²) in [5.41, 5.74) is 1.77. The van der Waals surface area contributed by atoms with Crippen molar-refractivity contribution < 1.29 is 19.1 Å². The number of rotatable bonds is 7. The largest absolute Gasteiger partial charge is 0.494 e. The van der Waals surface area contributed by atoms with Crippen molar-refractivity contribution in [2.45, 2.75) is 46.0 Å². The minimum Gasteiger partial charge on any atom is -0.494 e. The van der Waals surface area contributed by atoms with E-state index in [1.54, 1.807) is 6.92 Å². The number of ether oxygens (including phenoxy) is 2. The van der Waals surface area contributed by atoms with Crippen molar-refractivity contribution in [1.82, 2.24) is 0 Å². The molecule has 0 heterocycles. The summed E-state index contributed by atoms with van der Waals surface area (Å²) < 4.78 is 10.8. The van der Waals surface area contributed by atoms with Gasteiger partial charge in [0.05, 0.1) is 13.2 Å². The van der Waals surface area contributed by atoms with E-state index in [-0.39, 0.29) is 17.7 Å². The van der Waals surface area contributed by atoms with Gasteiger partial charge >= 0.3 is 5.97 Å². The fourth-order valence-corrected chi connectivity index (χ4v) is 3.16. The number of ketones is 1. The van der Waals surface area contributed by atoms with Gasteiger partial charge in [-0.05, 0) is 51.2 Å². The molecule has 1 aliphatic rings. The Kier molecular flexibility index (Phi) is 7.04. The zero-order valence-corrected chi connectivity index (χ0v) is 14.5. The van der Waals surface area contributed by atoms with E-state index < -0.39 is 0 Å². The van der Waals surface area contributed by atoms with Crippen LogP contribution in [0.5, 0.6) is 5.75 Å². The quantitative estimate of drug-likeness (QED) is 0.429. The molecule has 1 unspecified atom stereocenters. The van der Waals surface area contributed by atoms with Gasteiger partial charge in [0.15, 0.2) is 0 Å². The van der Waals surface area contributed by atoms with Crippen LogP contribution in [0.2, 0.25) is 0 Å². The first-order valence-corrected chi connectivity index (χ1v) is 8.68. The Morgan fingerprint density at radius 3 is 2.67 bits per heavy atom. The molecule has 1 fully saturated rings. The van der Waals surface area contributed by atoms with E-state index >= 15 is 0 Å². The van der Waals surface area contributed by atoms with Crippen LogP contribution in [-0.4, -0.2) is 25.0 Å². The summed E-state index contributed by atoms with van der Waals surface area (Å²) in [6.07, 6.45) is 3.44. The highest BCUT2D eigenvalue weighted by Gasteiger charge is 2.27. The summed E-state index contributed by atoms with van der Waals surface area (Å²) in [5, 5.41) is 0. The van der Waals surface area contributed by atoms with Gasteiger partial charge in [-0.1, -0.05) is 23.8 Å². The molecule has 1 aromatic carbocycles. The third-order valence-electron chi connectivity index (χ3n) is 4.41. The molecular formula is C20H26O4. The minimum absolute atomic E-state index is 0.134. The van der Waals surface area contributed by atoms with Gasteiger partial charge in [0, 0.05) is 18.4 Å². The molecule has 0 aromatic heterocycles. The Hall–Kier alpha value is -2.10. The van der Waals surface area contributed by atoms with Crippen LogP contribution in [0.4, 0.5) is 0 Å². The molecule has 0 bridgehead atoms. The fourth-order valence-electron chi connectivity index (χ4n) is 3.16. The molecular weight excluding hydrogens is 304 g/mol. The van der Waals surface area contributed by atoms with Gasteiger partial charge in [0.25, 0.3) is 0 Å². The Labute approximate surface area is 143 Å². The fraction of sp³-hybridized carbons (Fsp3) is 0.500. The van der Waals surface area contributed by atoms with E-state index in [0.717, 1.165) is 24.2 Å². The Morgan fingerprint density at radius 1 is 1.21 bits per heavy atom. The second-order valence-corrected chi connectivity index (χ2v) is 6.11. The van der Waals surface area contributed by atoms with E-state index in [1.165, 1.54) is 0 Å². The summed E-state index contributed by atoms with van der Waals surface area (Å²) >= 11 is 0. The average molecular weight is 330 g/mol. The molecule has 1 aromatic rings. The molecule has 24 heavy (non-hydrogen) atoms. The van der Waals surface area contributed by atoms with Crippen molar-refractivity contribution in [2.24, 2.45) is 5.92 Å². The van der Waals surface area contributed by atoms with Crippen molar-refractivity contribution in [3.63, 3.8) is 0 Å². The van der Waals surface area contributed by atoms with Crippen molar-refractivity contribution in [1.29, 1.82) is 0 Å². The summed E-state index contributed by atoms with van der Waals surface area (Å²) in [4.78, 5) is 23.8. The van der Waals surface area contributed by atoms with Gasteiger partial charge in [-0.25, -0.2) is 4.79 Å². The first-order valence-electron chi connectivity index (χ1n) is 8.68. The lowest BCUT2D eigenvalue weighted by Crippen LogP contribution is -2.22. The minimum atomic E-state index is -0.257. The number of para-hydroxylation sites is 1. The molecule has 0 aliphatic heterocycles. The standard InChI is InChI=1S/C20H26O4/c1-3-23-20(22)15(2)19-12-11-17(21)14-16(19)8-7-13-24-18-9-5-4-6-10-18/h4-6,9-10,16H,3,7-8,11-14H2,1-2H3. The van der Waals surface area contributed by atoms with Crippen LogP contribution in [0, 0.1) is 5.92 Å².